The fraction of sp³-hybridized carbons (Fsp3) is 0.387. The van der Waals surface area contributed by atoms with Crippen LogP contribution in [0.5, 0.6) is 5.75 Å². The Morgan fingerprint density at radius 2 is 1.49 bits per heavy atom. The summed E-state index contributed by atoms with van der Waals surface area (Å²) in [4.78, 5) is 13.7. The summed E-state index contributed by atoms with van der Waals surface area (Å²) in [7, 11) is 0. The van der Waals surface area contributed by atoms with Crippen LogP contribution in [0.3, 0.4) is 0 Å². The molecule has 0 spiro atoms. The van der Waals surface area contributed by atoms with Gasteiger partial charge in [-0.3, -0.25) is 0 Å². The van der Waals surface area contributed by atoms with E-state index in [1.807, 2.05) is 48.5 Å². The highest BCUT2D eigenvalue weighted by Gasteiger charge is 2.50. The van der Waals surface area contributed by atoms with Crippen LogP contribution < -0.4 is 21.7 Å². The van der Waals surface area contributed by atoms with Gasteiger partial charge >= 0.3 is 5.97 Å². The van der Waals surface area contributed by atoms with Crippen LogP contribution in [0, 0.1) is 12.8 Å². The number of carbonyl (C=O) groups excluding carboxylic acids is 1. The smallest absolute Gasteiger partial charge is 0.348 e. The third-order valence-electron chi connectivity index (χ3n) is 8.04. The van der Waals surface area contributed by atoms with Gasteiger partial charge in [0.15, 0.2) is 6.10 Å². The highest BCUT2D eigenvalue weighted by molar-refractivity contribution is 5.85. The molecule has 0 amide bonds. The summed E-state index contributed by atoms with van der Waals surface area (Å²) in [6, 6.07) is 26.4. The van der Waals surface area contributed by atoms with Gasteiger partial charge in [-0.15, -0.1) is 0 Å². The maximum atomic E-state index is 13.7. The van der Waals surface area contributed by atoms with E-state index in [0.717, 1.165) is 55.7 Å². The molecule has 0 radical (unpaired) electrons. The molecule has 3 aliphatic rings. The van der Waals surface area contributed by atoms with E-state index < -0.39 is 11.6 Å². The number of piperidine rings is 3. The molecule has 196 valence electrons. The van der Waals surface area contributed by atoms with Gasteiger partial charge in [0.25, 0.3) is 0 Å². The third-order valence-corrected chi connectivity index (χ3v) is 8.04. The minimum Gasteiger partial charge on any atom is -1.00 e. The topological polar surface area (TPSA) is 55.8 Å². The summed E-state index contributed by atoms with van der Waals surface area (Å²) in [5.74, 6) is 0.680. The molecule has 1 atom stereocenters. The van der Waals surface area contributed by atoms with Crippen LogP contribution in [-0.2, 0) is 15.1 Å². The van der Waals surface area contributed by atoms with Gasteiger partial charge in [0.2, 0.25) is 5.60 Å². The van der Waals surface area contributed by atoms with Gasteiger partial charge < -0.3 is 36.0 Å². The minimum absolute atomic E-state index is 0. The highest BCUT2D eigenvalue weighted by Crippen LogP contribution is 2.38. The van der Waals surface area contributed by atoms with Gasteiger partial charge in [0, 0.05) is 25.2 Å². The van der Waals surface area contributed by atoms with Crippen LogP contribution in [0.1, 0.15) is 36.0 Å². The van der Waals surface area contributed by atoms with Gasteiger partial charge in [-0.2, -0.15) is 0 Å². The van der Waals surface area contributed by atoms with Crippen molar-refractivity contribution in [3.63, 3.8) is 0 Å². The Balaban J connectivity index is 0.00000320. The third kappa shape index (κ3) is 5.92. The van der Waals surface area contributed by atoms with Crippen molar-refractivity contribution in [3.8, 4) is 5.75 Å². The average molecular weight is 567 g/mol. The SMILES string of the molecule is Cc1ccc(OCCC[N+]23CCC(CC2)C(OC(=O)C(O)(c2ccccc2)c2ccccc2)C3)cc1.[Br-]. The number of halogens is 1. The monoisotopic (exact) mass is 565 g/mol. The summed E-state index contributed by atoms with van der Waals surface area (Å²) in [5, 5.41) is 11.8. The first-order valence-corrected chi connectivity index (χ1v) is 13.1. The normalized spacial score (nSPS) is 22.6. The Labute approximate surface area is 230 Å². The number of hydrogen-bond acceptors (Lipinski definition) is 4. The first kappa shape index (κ1) is 27.4. The predicted molar refractivity (Wildman–Crippen MR) is 140 cm³/mol. The van der Waals surface area contributed by atoms with Crippen molar-refractivity contribution in [1.29, 1.82) is 0 Å². The molecular formula is C31H36BrNO4. The quantitative estimate of drug-likeness (QED) is 0.244. The van der Waals surface area contributed by atoms with E-state index >= 15 is 0 Å². The maximum Gasteiger partial charge on any atom is 0.348 e. The molecule has 0 saturated carbocycles. The second-order valence-electron chi connectivity index (χ2n) is 10.4. The molecule has 3 heterocycles. The van der Waals surface area contributed by atoms with Crippen molar-refractivity contribution >= 4 is 5.97 Å². The molecule has 6 rings (SSSR count). The lowest BCUT2D eigenvalue weighted by Crippen LogP contribution is -3.00. The van der Waals surface area contributed by atoms with Crippen molar-refractivity contribution in [1.82, 2.24) is 0 Å². The van der Waals surface area contributed by atoms with Gasteiger partial charge in [-0.25, -0.2) is 4.79 Å². The highest BCUT2D eigenvalue weighted by atomic mass is 79.9. The molecule has 37 heavy (non-hydrogen) atoms. The lowest BCUT2D eigenvalue weighted by Gasteiger charge is -2.52. The predicted octanol–water partition coefficient (Wildman–Crippen LogP) is 1.86. The molecule has 3 aromatic rings. The number of hydrogen-bond donors (Lipinski definition) is 1. The molecule has 0 aromatic heterocycles. The summed E-state index contributed by atoms with van der Waals surface area (Å²) >= 11 is 0. The number of benzene rings is 3. The van der Waals surface area contributed by atoms with Crippen LogP contribution >= 0.6 is 0 Å². The van der Waals surface area contributed by atoms with Crippen molar-refractivity contribution in [2.75, 3.05) is 32.8 Å². The maximum absolute atomic E-state index is 13.7. The number of aryl methyl sites for hydroxylation is 1. The summed E-state index contributed by atoms with van der Waals surface area (Å²) < 4.78 is 13.1. The Morgan fingerprint density at radius 1 is 0.919 bits per heavy atom. The second-order valence-corrected chi connectivity index (χ2v) is 10.4. The molecule has 1 unspecified atom stereocenters. The zero-order chi connectivity index (χ0) is 25.0. The van der Waals surface area contributed by atoms with E-state index in [4.69, 9.17) is 9.47 Å². The van der Waals surface area contributed by atoms with Crippen molar-refractivity contribution in [3.05, 3.63) is 102 Å². The molecule has 2 bridgehead atoms. The summed E-state index contributed by atoms with van der Waals surface area (Å²) in [6.45, 7) is 6.80. The molecule has 6 heteroatoms. The molecule has 3 aliphatic heterocycles. The van der Waals surface area contributed by atoms with E-state index in [2.05, 4.69) is 19.1 Å². The fourth-order valence-corrected chi connectivity index (χ4v) is 5.88. The van der Waals surface area contributed by atoms with Crippen LogP contribution in [-0.4, -0.2) is 54.4 Å². The number of quaternary nitrogens is 1. The van der Waals surface area contributed by atoms with Crippen LogP contribution in [0.2, 0.25) is 0 Å². The van der Waals surface area contributed by atoms with Crippen LogP contribution in [0.15, 0.2) is 84.9 Å². The van der Waals surface area contributed by atoms with Gasteiger partial charge in [0.05, 0.1) is 26.2 Å². The van der Waals surface area contributed by atoms with E-state index in [1.54, 1.807) is 24.3 Å². The zero-order valence-corrected chi connectivity index (χ0v) is 23.0. The molecule has 3 aromatic carbocycles. The molecule has 5 nitrogen and oxygen atoms in total. The number of carbonyl (C=O) groups is 1. The molecule has 3 saturated heterocycles. The molecular weight excluding hydrogens is 530 g/mol. The van der Waals surface area contributed by atoms with Crippen molar-refractivity contribution in [2.24, 2.45) is 5.92 Å². The number of ether oxygens (including phenoxy) is 2. The standard InChI is InChI=1S/C31H36NO4.BrH/c1-24-13-15-28(16-14-24)35-22-8-19-32-20-17-25(18-21-32)29(23-32)36-30(33)31(34,26-9-4-2-5-10-26)27-11-6-3-7-12-27;/h2-7,9-16,25,29,34H,8,17-23H2,1H3;1H/q+1;/p-1. The number of rotatable bonds is 9. The molecule has 0 aliphatic carbocycles. The van der Waals surface area contributed by atoms with Crippen LogP contribution in [0.4, 0.5) is 0 Å². The second kappa shape index (κ2) is 11.8. The minimum atomic E-state index is -1.83. The lowest BCUT2D eigenvalue weighted by molar-refractivity contribution is -0.946. The number of fused-ring (bicyclic) bond motifs is 3. The Bertz CT molecular complexity index is 1110. The van der Waals surface area contributed by atoms with E-state index in [9.17, 15) is 9.90 Å². The van der Waals surface area contributed by atoms with Crippen molar-refractivity contribution < 1.29 is 40.8 Å². The van der Waals surface area contributed by atoms with E-state index in [-0.39, 0.29) is 23.1 Å². The first-order chi connectivity index (χ1) is 17.5. The number of esters is 1. The fourth-order valence-electron chi connectivity index (χ4n) is 5.88. The van der Waals surface area contributed by atoms with Gasteiger partial charge in [0.1, 0.15) is 12.3 Å². The first-order valence-electron chi connectivity index (χ1n) is 13.1. The summed E-state index contributed by atoms with van der Waals surface area (Å²) in [6.07, 6.45) is 2.87. The van der Waals surface area contributed by atoms with Gasteiger partial charge in [-0.1, -0.05) is 78.4 Å². The zero-order valence-electron chi connectivity index (χ0n) is 21.4. The number of nitrogens with zero attached hydrogens (tertiary/aromatic N) is 1. The van der Waals surface area contributed by atoms with E-state index in [1.165, 1.54) is 5.56 Å². The summed E-state index contributed by atoms with van der Waals surface area (Å²) in [5.41, 5.74) is 0.449. The van der Waals surface area contributed by atoms with Crippen LogP contribution in [0.25, 0.3) is 0 Å². The van der Waals surface area contributed by atoms with E-state index in [0.29, 0.717) is 23.7 Å². The molecule has 3 fully saturated rings. The van der Waals surface area contributed by atoms with Crippen molar-refractivity contribution in [2.45, 2.75) is 37.9 Å². The Hall–Kier alpha value is -2.67. The Kier molecular flexibility index (Phi) is 8.73. The van der Waals surface area contributed by atoms with Gasteiger partial charge in [-0.05, 0) is 30.2 Å². The number of aliphatic hydroxyl groups is 1. The molecule has 1 N–H and O–H groups in total. The lowest BCUT2D eigenvalue weighted by atomic mass is 9.82. The average Bonchev–Trinajstić information content (AvgIpc) is 2.93. The Morgan fingerprint density at radius 3 is 2.05 bits per heavy atom. The largest absolute Gasteiger partial charge is 1.00 e.